The summed E-state index contributed by atoms with van der Waals surface area (Å²) >= 11 is 0. The van der Waals surface area contributed by atoms with Gasteiger partial charge < -0.3 is 49.5 Å². The van der Waals surface area contributed by atoms with Crippen molar-refractivity contribution < 1.29 is 0 Å². The summed E-state index contributed by atoms with van der Waals surface area (Å²) in [6, 6.07) is 0. The number of hydrogen-bond acceptors (Lipinski definition) is 12. The third kappa shape index (κ3) is 25.0. The molecular formula is C27H68N12. The van der Waals surface area contributed by atoms with Crippen LogP contribution in [0, 0.1) is 0 Å². The molecule has 0 heterocycles. The lowest BCUT2D eigenvalue weighted by molar-refractivity contribution is 0.175. The maximum Gasteiger partial charge on any atom is 0.0110 e. The average molecular weight is 561 g/mol. The fourth-order valence-electron chi connectivity index (χ4n) is 4.59. The fourth-order valence-corrected chi connectivity index (χ4v) is 4.59. The van der Waals surface area contributed by atoms with E-state index in [0.717, 1.165) is 131 Å². The number of unbranched alkanes of at least 4 members (excludes halogenated alkanes) is 2. The van der Waals surface area contributed by atoms with E-state index in [9.17, 15) is 0 Å². The van der Waals surface area contributed by atoms with Crippen LogP contribution >= 0.6 is 0 Å². The van der Waals surface area contributed by atoms with Gasteiger partial charge in [0.05, 0.1) is 0 Å². The fraction of sp³-hybridized carbons (Fsp3) is 1.00. The lowest BCUT2D eigenvalue weighted by atomic mass is 10.2. The molecule has 0 spiro atoms. The zero-order chi connectivity index (χ0) is 28.8. The van der Waals surface area contributed by atoms with Crippen molar-refractivity contribution in [3.63, 3.8) is 0 Å². The Morgan fingerprint density at radius 1 is 0.359 bits per heavy atom. The van der Waals surface area contributed by atoms with Crippen molar-refractivity contribution >= 4 is 0 Å². The van der Waals surface area contributed by atoms with Crippen LogP contribution in [0.1, 0.15) is 26.2 Å². The summed E-state index contributed by atoms with van der Waals surface area (Å²) in [5.41, 5.74) is 28.9. The van der Waals surface area contributed by atoms with Gasteiger partial charge in [0.15, 0.2) is 0 Å². The van der Waals surface area contributed by atoms with Crippen molar-refractivity contribution in [1.29, 1.82) is 0 Å². The first kappa shape index (κ1) is 38.5. The second-order valence-electron chi connectivity index (χ2n) is 10.2. The Hall–Kier alpha value is -0.480. The molecule has 236 valence electrons. The first-order valence-electron chi connectivity index (χ1n) is 15.7. The molecule has 0 unspecified atom stereocenters. The van der Waals surface area contributed by atoms with Gasteiger partial charge in [-0.1, -0.05) is 13.3 Å². The number of likely N-dealkylation sites (N-methyl/N-ethyl adjacent to an activating group) is 1. The Labute approximate surface area is 241 Å². The summed E-state index contributed by atoms with van der Waals surface area (Å²) in [6.07, 6.45) is 3.48. The molecule has 13 N–H and O–H groups in total. The molecule has 0 radical (unpaired) electrons. The van der Waals surface area contributed by atoms with Gasteiger partial charge in [0, 0.05) is 131 Å². The topological polar surface area (TPSA) is 179 Å². The Kier molecular flexibility index (Phi) is 30.1. The molecule has 0 atom stereocenters. The van der Waals surface area contributed by atoms with E-state index in [-0.39, 0.29) is 0 Å². The van der Waals surface area contributed by atoms with E-state index in [4.69, 9.17) is 28.7 Å². The van der Waals surface area contributed by atoms with Crippen molar-refractivity contribution in [1.82, 2.24) is 35.6 Å². The Morgan fingerprint density at radius 3 is 1.21 bits per heavy atom. The third-order valence-electron chi connectivity index (χ3n) is 6.97. The van der Waals surface area contributed by atoms with Crippen LogP contribution < -0.4 is 44.6 Å². The summed E-state index contributed by atoms with van der Waals surface area (Å²) in [6.45, 7) is 23.6. The molecule has 0 aliphatic rings. The van der Waals surface area contributed by atoms with Crippen LogP contribution in [0.5, 0.6) is 0 Å². The van der Waals surface area contributed by atoms with Crippen LogP contribution in [0.4, 0.5) is 0 Å². The van der Waals surface area contributed by atoms with Crippen molar-refractivity contribution in [3.8, 4) is 0 Å². The van der Waals surface area contributed by atoms with E-state index in [2.05, 4.69) is 42.5 Å². The average Bonchev–Trinajstić information content (AvgIpc) is 2.93. The SMILES string of the molecule is CCNCCN(CCN)CCNCCN(CCNCCN)CCN(CCCCCN)CCN(CCN)CCN. The highest BCUT2D eigenvalue weighted by atomic mass is 15.2. The van der Waals surface area contributed by atoms with Crippen LogP contribution in [-0.4, -0.2) is 170 Å². The summed E-state index contributed by atoms with van der Waals surface area (Å²) in [7, 11) is 0. The molecule has 0 saturated carbocycles. The van der Waals surface area contributed by atoms with E-state index < -0.39 is 0 Å². The van der Waals surface area contributed by atoms with E-state index >= 15 is 0 Å². The number of rotatable bonds is 32. The van der Waals surface area contributed by atoms with E-state index in [1.807, 2.05) is 0 Å². The van der Waals surface area contributed by atoms with Crippen molar-refractivity contribution in [2.45, 2.75) is 26.2 Å². The molecule has 0 aromatic carbocycles. The lowest BCUT2D eigenvalue weighted by Gasteiger charge is -2.30. The van der Waals surface area contributed by atoms with Gasteiger partial charge in [0.1, 0.15) is 0 Å². The van der Waals surface area contributed by atoms with Gasteiger partial charge in [0.2, 0.25) is 0 Å². The molecule has 0 aliphatic carbocycles. The van der Waals surface area contributed by atoms with Gasteiger partial charge >= 0.3 is 0 Å². The van der Waals surface area contributed by atoms with Crippen LogP contribution in [0.15, 0.2) is 0 Å². The molecule has 0 aromatic rings. The third-order valence-corrected chi connectivity index (χ3v) is 6.97. The largest absolute Gasteiger partial charge is 0.330 e. The van der Waals surface area contributed by atoms with Gasteiger partial charge in [-0.05, 0) is 32.5 Å². The minimum Gasteiger partial charge on any atom is -0.330 e. The van der Waals surface area contributed by atoms with Crippen molar-refractivity contribution in [3.05, 3.63) is 0 Å². The maximum atomic E-state index is 5.83. The molecule has 12 nitrogen and oxygen atoms in total. The van der Waals surface area contributed by atoms with Crippen molar-refractivity contribution in [2.75, 3.05) is 151 Å². The predicted octanol–water partition coefficient (Wildman–Crippen LogP) is -3.05. The zero-order valence-electron chi connectivity index (χ0n) is 25.6. The number of nitrogens with two attached hydrogens (primary N) is 5. The van der Waals surface area contributed by atoms with Gasteiger partial charge in [-0.2, -0.15) is 0 Å². The normalized spacial score (nSPS) is 12.2. The minimum atomic E-state index is 0.673. The highest BCUT2D eigenvalue weighted by molar-refractivity contribution is 4.70. The van der Waals surface area contributed by atoms with E-state index in [1.165, 1.54) is 12.8 Å². The molecule has 0 fully saturated rings. The van der Waals surface area contributed by atoms with E-state index in [1.54, 1.807) is 0 Å². The molecule has 0 amide bonds. The van der Waals surface area contributed by atoms with Gasteiger partial charge in [0.25, 0.3) is 0 Å². The molecule has 39 heavy (non-hydrogen) atoms. The monoisotopic (exact) mass is 561 g/mol. The Balaban J connectivity index is 4.76. The smallest absolute Gasteiger partial charge is 0.0110 e. The zero-order valence-corrected chi connectivity index (χ0v) is 25.6. The molecular weight excluding hydrogens is 492 g/mol. The standard InChI is InChI=1S/C27H68N12/c1-2-33-12-20-38(19-10-32)21-14-35-15-23-39(22-13-34-11-7-29)27-25-36(16-5-3-4-6-28)24-26-37(17-8-30)18-9-31/h33-35H,2-32H2,1H3. The van der Waals surface area contributed by atoms with Crippen LogP contribution in [0.3, 0.4) is 0 Å². The lowest BCUT2D eigenvalue weighted by Crippen LogP contribution is -2.45. The van der Waals surface area contributed by atoms with Crippen LogP contribution in [0.25, 0.3) is 0 Å². The molecule has 0 aromatic heterocycles. The highest BCUT2D eigenvalue weighted by Gasteiger charge is 2.12. The first-order chi connectivity index (χ1) is 19.1. The number of nitrogens with zero attached hydrogens (tertiary/aromatic N) is 4. The second-order valence-corrected chi connectivity index (χ2v) is 10.2. The highest BCUT2D eigenvalue weighted by Crippen LogP contribution is 2.01. The summed E-state index contributed by atoms with van der Waals surface area (Å²) in [5, 5.41) is 10.5. The summed E-state index contributed by atoms with van der Waals surface area (Å²) < 4.78 is 0. The second kappa shape index (κ2) is 30.5. The first-order valence-corrected chi connectivity index (χ1v) is 15.7. The summed E-state index contributed by atoms with van der Waals surface area (Å²) in [4.78, 5) is 10.0. The van der Waals surface area contributed by atoms with Crippen molar-refractivity contribution in [2.24, 2.45) is 28.7 Å². The Morgan fingerprint density at radius 2 is 0.769 bits per heavy atom. The predicted molar refractivity (Wildman–Crippen MR) is 169 cm³/mol. The quantitative estimate of drug-likeness (QED) is 0.0390. The number of nitrogens with one attached hydrogen (secondary N) is 3. The maximum absolute atomic E-state index is 5.83. The Bertz CT molecular complexity index is 468. The van der Waals surface area contributed by atoms with Gasteiger partial charge in [-0.15, -0.1) is 0 Å². The molecule has 0 aliphatic heterocycles. The molecule has 0 saturated heterocycles. The summed E-state index contributed by atoms with van der Waals surface area (Å²) in [5.74, 6) is 0. The molecule has 0 bridgehead atoms. The van der Waals surface area contributed by atoms with Gasteiger partial charge in [-0.3, -0.25) is 14.7 Å². The van der Waals surface area contributed by atoms with Crippen LogP contribution in [-0.2, 0) is 0 Å². The molecule has 12 heteroatoms. The van der Waals surface area contributed by atoms with Crippen LogP contribution in [0.2, 0.25) is 0 Å². The van der Waals surface area contributed by atoms with E-state index in [0.29, 0.717) is 26.2 Å². The number of hydrogen-bond donors (Lipinski definition) is 8. The molecule has 0 rings (SSSR count). The minimum absolute atomic E-state index is 0.673. The van der Waals surface area contributed by atoms with Gasteiger partial charge in [-0.25, -0.2) is 0 Å².